The summed E-state index contributed by atoms with van der Waals surface area (Å²) in [5.74, 6) is 0.626. The molecule has 0 bridgehead atoms. The molecule has 0 unspecified atom stereocenters. The molecular weight excluding hydrogens is 442 g/mol. The van der Waals surface area contributed by atoms with Gasteiger partial charge in [-0.15, -0.1) is 0 Å². The molecule has 35 heavy (non-hydrogen) atoms. The van der Waals surface area contributed by atoms with Crippen molar-refractivity contribution in [2.24, 2.45) is 0 Å². The van der Waals surface area contributed by atoms with Crippen LogP contribution in [0, 0.1) is 11.3 Å². The zero-order valence-corrected chi connectivity index (χ0v) is 19.6. The van der Waals surface area contributed by atoms with E-state index in [0.717, 1.165) is 31.5 Å². The van der Waals surface area contributed by atoms with E-state index in [1.807, 2.05) is 35.2 Å². The lowest BCUT2D eigenvalue weighted by atomic mass is 10.1. The fraction of sp³-hybridized carbons (Fsp3) is 0.250. The van der Waals surface area contributed by atoms with Crippen molar-refractivity contribution in [2.45, 2.75) is 25.9 Å². The molecule has 0 spiro atoms. The van der Waals surface area contributed by atoms with E-state index in [4.69, 9.17) is 9.47 Å². The van der Waals surface area contributed by atoms with Crippen molar-refractivity contribution in [1.29, 1.82) is 5.26 Å². The SMILES string of the molecule is COc1cc(NC(=O)Cc2cc(C#N)ccc2OCc2ccccc2)ccc1C(=O)N1CCCC1. The Bertz CT molecular complexity index is 1240. The van der Waals surface area contributed by atoms with Crippen LogP contribution in [0.15, 0.2) is 66.7 Å². The summed E-state index contributed by atoms with van der Waals surface area (Å²) in [6.07, 6.45) is 2.04. The van der Waals surface area contributed by atoms with E-state index in [1.165, 1.54) is 7.11 Å². The lowest BCUT2D eigenvalue weighted by Gasteiger charge is -2.18. The Morgan fingerprint density at radius 3 is 2.49 bits per heavy atom. The lowest BCUT2D eigenvalue weighted by Crippen LogP contribution is -2.28. The van der Waals surface area contributed by atoms with Gasteiger partial charge in [-0.2, -0.15) is 5.26 Å². The zero-order chi connectivity index (χ0) is 24.6. The van der Waals surface area contributed by atoms with Crippen molar-refractivity contribution in [1.82, 2.24) is 4.90 Å². The average Bonchev–Trinajstić information content (AvgIpc) is 3.43. The van der Waals surface area contributed by atoms with Gasteiger partial charge < -0.3 is 19.7 Å². The standard InChI is InChI=1S/C28H27N3O4/c1-34-26-17-23(10-11-24(26)28(33)31-13-5-6-14-31)30-27(32)16-22-15-21(18-29)9-12-25(22)35-19-20-7-3-2-4-8-20/h2-4,7-12,15,17H,5-6,13-14,16,19H2,1H3,(H,30,32). The Morgan fingerprint density at radius 2 is 1.77 bits per heavy atom. The summed E-state index contributed by atoms with van der Waals surface area (Å²) in [7, 11) is 1.51. The van der Waals surface area contributed by atoms with Crippen LogP contribution in [0.5, 0.6) is 11.5 Å². The molecule has 0 radical (unpaired) electrons. The minimum atomic E-state index is -0.273. The number of carbonyl (C=O) groups is 2. The number of benzene rings is 3. The molecule has 3 aromatic carbocycles. The first-order valence-electron chi connectivity index (χ1n) is 11.5. The van der Waals surface area contributed by atoms with Crippen LogP contribution in [0.25, 0.3) is 0 Å². The molecule has 7 nitrogen and oxygen atoms in total. The van der Waals surface area contributed by atoms with Crippen molar-refractivity contribution in [2.75, 3.05) is 25.5 Å². The van der Waals surface area contributed by atoms with E-state index < -0.39 is 0 Å². The van der Waals surface area contributed by atoms with E-state index in [0.29, 0.717) is 40.5 Å². The zero-order valence-electron chi connectivity index (χ0n) is 19.6. The summed E-state index contributed by atoms with van der Waals surface area (Å²) in [5, 5.41) is 12.2. The van der Waals surface area contributed by atoms with E-state index in [2.05, 4.69) is 11.4 Å². The van der Waals surface area contributed by atoms with Crippen LogP contribution < -0.4 is 14.8 Å². The predicted octanol–water partition coefficient (Wildman–Crippen LogP) is 4.56. The molecule has 3 aromatic rings. The second kappa shape index (κ2) is 11.2. The van der Waals surface area contributed by atoms with Gasteiger partial charge in [-0.25, -0.2) is 0 Å². The Hall–Kier alpha value is -4.31. The number of hydrogen-bond donors (Lipinski definition) is 1. The molecular formula is C28H27N3O4. The van der Waals surface area contributed by atoms with Crippen LogP contribution in [-0.2, 0) is 17.8 Å². The summed E-state index contributed by atoms with van der Waals surface area (Å²) in [6.45, 7) is 1.85. The van der Waals surface area contributed by atoms with Crippen molar-refractivity contribution < 1.29 is 19.1 Å². The normalized spacial score (nSPS) is 12.6. The molecule has 178 valence electrons. The largest absolute Gasteiger partial charge is 0.496 e. The minimum absolute atomic E-state index is 0.0242. The second-order valence-electron chi connectivity index (χ2n) is 8.35. The monoisotopic (exact) mass is 469 g/mol. The Morgan fingerprint density at radius 1 is 1.00 bits per heavy atom. The average molecular weight is 470 g/mol. The summed E-state index contributed by atoms with van der Waals surface area (Å²) in [4.78, 5) is 27.5. The van der Waals surface area contributed by atoms with Crippen LogP contribution in [0.4, 0.5) is 5.69 Å². The highest BCUT2D eigenvalue weighted by atomic mass is 16.5. The topological polar surface area (TPSA) is 91.7 Å². The van der Waals surface area contributed by atoms with Crippen LogP contribution in [0.1, 0.15) is 39.9 Å². The number of amides is 2. The third-order valence-corrected chi connectivity index (χ3v) is 5.89. The number of ether oxygens (including phenoxy) is 2. The second-order valence-corrected chi connectivity index (χ2v) is 8.35. The molecule has 2 amide bonds. The Kier molecular flexibility index (Phi) is 7.63. The van der Waals surface area contributed by atoms with Crippen molar-refractivity contribution >= 4 is 17.5 Å². The quantitative estimate of drug-likeness (QED) is 0.522. The maximum atomic E-state index is 12.9. The molecule has 1 aliphatic rings. The van der Waals surface area contributed by atoms with Crippen molar-refractivity contribution in [3.05, 3.63) is 89.0 Å². The number of nitriles is 1. The van der Waals surface area contributed by atoms with Gasteiger partial charge in [0.1, 0.15) is 18.1 Å². The third-order valence-electron chi connectivity index (χ3n) is 5.89. The van der Waals surface area contributed by atoms with Crippen LogP contribution in [-0.4, -0.2) is 36.9 Å². The molecule has 1 heterocycles. The maximum Gasteiger partial charge on any atom is 0.257 e. The maximum absolute atomic E-state index is 12.9. The number of hydrogen-bond acceptors (Lipinski definition) is 5. The summed E-state index contributed by atoms with van der Waals surface area (Å²) >= 11 is 0. The molecule has 7 heteroatoms. The van der Waals surface area contributed by atoms with Gasteiger partial charge in [0.25, 0.3) is 5.91 Å². The van der Waals surface area contributed by atoms with Gasteiger partial charge >= 0.3 is 0 Å². The van der Waals surface area contributed by atoms with Crippen LogP contribution >= 0.6 is 0 Å². The highest BCUT2D eigenvalue weighted by molar-refractivity contribution is 5.99. The fourth-order valence-corrected chi connectivity index (χ4v) is 4.08. The highest BCUT2D eigenvalue weighted by Crippen LogP contribution is 2.27. The smallest absolute Gasteiger partial charge is 0.257 e. The summed E-state index contributed by atoms with van der Waals surface area (Å²) in [5.41, 5.74) is 3.07. The van der Waals surface area contributed by atoms with Crippen molar-refractivity contribution in [3.63, 3.8) is 0 Å². The van der Waals surface area contributed by atoms with Gasteiger partial charge in [0.05, 0.1) is 30.7 Å². The molecule has 4 rings (SSSR count). The first kappa shape index (κ1) is 23.8. The Labute approximate surface area is 204 Å². The lowest BCUT2D eigenvalue weighted by molar-refractivity contribution is -0.115. The minimum Gasteiger partial charge on any atom is -0.496 e. The third kappa shape index (κ3) is 5.98. The molecule has 1 saturated heterocycles. The van der Waals surface area contributed by atoms with Gasteiger partial charge in [-0.1, -0.05) is 30.3 Å². The number of carbonyl (C=O) groups excluding carboxylic acids is 2. The predicted molar refractivity (Wildman–Crippen MR) is 132 cm³/mol. The van der Waals surface area contributed by atoms with Crippen molar-refractivity contribution in [3.8, 4) is 17.6 Å². The first-order valence-corrected chi connectivity index (χ1v) is 11.5. The van der Waals surface area contributed by atoms with E-state index in [-0.39, 0.29) is 18.2 Å². The molecule has 0 atom stereocenters. The summed E-state index contributed by atoms with van der Waals surface area (Å²) < 4.78 is 11.4. The molecule has 0 aliphatic carbocycles. The first-order chi connectivity index (χ1) is 17.1. The highest BCUT2D eigenvalue weighted by Gasteiger charge is 2.23. The molecule has 1 aliphatic heterocycles. The van der Waals surface area contributed by atoms with E-state index in [1.54, 1.807) is 36.4 Å². The van der Waals surface area contributed by atoms with Gasteiger partial charge in [-0.05, 0) is 48.7 Å². The number of methoxy groups -OCH3 is 1. The number of anilines is 1. The molecule has 1 fully saturated rings. The van der Waals surface area contributed by atoms with Gasteiger partial charge in [0.2, 0.25) is 5.91 Å². The van der Waals surface area contributed by atoms with E-state index >= 15 is 0 Å². The fourth-order valence-electron chi connectivity index (χ4n) is 4.08. The summed E-state index contributed by atoms with van der Waals surface area (Å²) in [6, 6.07) is 21.9. The van der Waals surface area contributed by atoms with Crippen LogP contribution in [0.3, 0.4) is 0 Å². The molecule has 1 N–H and O–H groups in total. The number of likely N-dealkylation sites (tertiary alicyclic amines) is 1. The molecule has 0 saturated carbocycles. The number of nitrogens with zero attached hydrogens (tertiary/aromatic N) is 2. The van der Waals surface area contributed by atoms with Crippen LogP contribution in [0.2, 0.25) is 0 Å². The Balaban J connectivity index is 1.46. The van der Waals surface area contributed by atoms with Gasteiger partial charge in [-0.3, -0.25) is 9.59 Å². The van der Waals surface area contributed by atoms with Gasteiger partial charge in [0, 0.05) is 30.4 Å². The van der Waals surface area contributed by atoms with Gasteiger partial charge in [0.15, 0.2) is 0 Å². The van der Waals surface area contributed by atoms with E-state index in [9.17, 15) is 14.9 Å². The molecule has 0 aromatic heterocycles. The number of rotatable bonds is 8. The number of nitrogens with one attached hydrogen (secondary N) is 1.